The van der Waals surface area contributed by atoms with Crippen molar-refractivity contribution in [3.63, 3.8) is 0 Å². The van der Waals surface area contributed by atoms with Gasteiger partial charge in [-0.25, -0.2) is 4.79 Å². The number of allylic oxidation sites excluding steroid dienone is 2. The Kier molecular flexibility index (Phi) is 7.07. The van der Waals surface area contributed by atoms with E-state index < -0.39 is 17.4 Å². The molecule has 0 unspecified atom stereocenters. The SMILES string of the molecule is C/C(=C\CO)CC/C=C(\C)COc1ccc2c(C(F)(F)F)cc(=O)oc2c1C. The molecular formula is C21H23F3O4. The molecule has 2 aromatic rings. The van der Waals surface area contributed by atoms with Crippen LogP contribution in [-0.2, 0) is 6.18 Å². The van der Waals surface area contributed by atoms with E-state index in [1.807, 2.05) is 19.9 Å². The second-order valence-electron chi connectivity index (χ2n) is 6.65. The third-order valence-electron chi connectivity index (χ3n) is 4.34. The first kappa shape index (κ1) is 21.8. The number of aryl methyl sites for hydroxylation is 1. The molecule has 0 aliphatic carbocycles. The van der Waals surface area contributed by atoms with Gasteiger partial charge < -0.3 is 14.3 Å². The summed E-state index contributed by atoms with van der Waals surface area (Å²) in [4.78, 5) is 11.6. The highest BCUT2D eigenvalue weighted by Gasteiger charge is 2.34. The second kappa shape index (κ2) is 9.10. The number of hydrogen-bond acceptors (Lipinski definition) is 4. The molecule has 0 spiro atoms. The molecular weight excluding hydrogens is 373 g/mol. The van der Waals surface area contributed by atoms with Gasteiger partial charge in [-0.2, -0.15) is 13.2 Å². The van der Waals surface area contributed by atoms with Crippen LogP contribution in [0.15, 0.2) is 50.7 Å². The minimum absolute atomic E-state index is 0.0189. The fourth-order valence-corrected chi connectivity index (χ4v) is 2.79. The molecule has 4 nitrogen and oxygen atoms in total. The molecule has 7 heteroatoms. The maximum absolute atomic E-state index is 13.2. The first-order chi connectivity index (χ1) is 13.1. The average molecular weight is 396 g/mol. The van der Waals surface area contributed by atoms with Crippen LogP contribution in [0.2, 0.25) is 0 Å². The molecule has 0 fully saturated rings. The Labute approximate surface area is 160 Å². The highest BCUT2D eigenvalue weighted by atomic mass is 19.4. The van der Waals surface area contributed by atoms with E-state index in [9.17, 15) is 18.0 Å². The van der Waals surface area contributed by atoms with Gasteiger partial charge in [-0.05, 0) is 51.3 Å². The number of fused-ring (bicyclic) bond motifs is 1. The van der Waals surface area contributed by atoms with Crippen LogP contribution in [0.3, 0.4) is 0 Å². The normalized spacial score (nSPS) is 13.2. The van der Waals surface area contributed by atoms with Crippen LogP contribution in [0.1, 0.15) is 37.8 Å². The lowest BCUT2D eigenvalue weighted by atomic mass is 10.1. The van der Waals surface area contributed by atoms with Gasteiger partial charge in [0.05, 0.1) is 12.2 Å². The lowest BCUT2D eigenvalue weighted by Crippen LogP contribution is -2.11. The number of rotatable bonds is 7. The van der Waals surface area contributed by atoms with Crippen molar-refractivity contribution in [3.8, 4) is 5.75 Å². The van der Waals surface area contributed by atoms with Crippen molar-refractivity contribution in [2.24, 2.45) is 0 Å². The largest absolute Gasteiger partial charge is 0.489 e. The van der Waals surface area contributed by atoms with Crippen LogP contribution in [-0.4, -0.2) is 18.3 Å². The molecule has 2 rings (SSSR count). The standard InChI is InChI=1S/C21H23F3O4/c1-13(9-10-25)5-4-6-14(2)12-27-18-8-7-16-17(21(22,23)24)11-19(26)28-20(16)15(18)3/h6-9,11,25H,4-5,10,12H2,1-3H3/b13-9+,14-6+. The Hall–Kier alpha value is -2.54. The van der Waals surface area contributed by atoms with Gasteiger partial charge in [0.2, 0.25) is 0 Å². The summed E-state index contributed by atoms with van der Waals surface area (Å²) < 4.78 is 50.2. The predicted octanol–water partition coefficient (Wildman–Crippen LogP) is 5.16. The van der Waals surface area contributed by atoms with Gasteiger partial charge in [-0.1, -0.05) is 17.7 Å². The highest BCUT2D eigenvalue weighted by Crippen LogP contribution is 2.36. The van der Waals surface area contributed by atoms with E-state index in [1.165, 1.54) is 12.1 Å². The van der Waals surface area contributed by atoms with E-state index in [4.69, 9.17) is 14.3 Å². The van der Waals surface area contributed by atoms with Crippen LogP contribution in [0.5, 0.6) is 5.75 Å². The quantitative estimate of drug-likeness (QED) is 0.519. The van der Waals surface area contributed by atoms with E-state index in [0.717, 1.165) is 24.0 Å². The summed E-state index contributed by atoms with van der Waals surface area (Å²) in [6.45, 7) is 5.67. The minimum atomic E-state index is -4.65. The maximum atomic E-state index is 13.2. The Balaban J connectivity index is 2.19. The Morgan fingerprint density at radius 3 is 2.57 bits per heavy atom. The van der Waals surface area contributed by atoms with Gasteiger partial charge in [-0.15, -0.1) is 0 Å². The molecule has 0 amide bonds. The summed E-state index contributed by atoms with van der Waals surface area (Å²) in [7, 11) is 0. The predicted molar refractivity (Wildman–Crippen MR) is 102 cm³/mol. The van der Waals surface area contributed by atoms with Crippen molar-refractivity contribution in [3.05, 3.63) is 63.0 Å². The van der Waals surface area contributed by atoms with E-state index in [0.29, 0.717) is 17.4 Å². The maximum Gasteiger partial charge on any atom is 0.417 e. The fourth-order valence-electron chi connectivity index (χ4n) is 2.79. The first-order valence-corrected chi connectivity index (χ1v) is 8.83. The summed E-state index contributed by atoms with van der Waals surface area (Å²) in [6.07, 6.45) is 0.718. The number of benzene rings is 1. The minimum Gasteiger partial charge on any atom is -0.489 e. The average Bonchev–Trinajstić information content (AvgIpc) is 2.60. The molecule has 0 atom stereocenters. The number of aliphatic hydroxyl groups excluding tert-OH is 1. The van der Waals surface area contributed by atoms with Gasteiger partial charge >= 0.3 is 11.8 Å². The number of ether oxygens (including phenoxy) is 1. The van der Waals surface area contributed by atoms with Gasteiger partial charge in [0.15, 0.2) is 0 Å². The molecule has 0 aliphatic rings. The van der Waals surface area contributed by atoms with Crippen LogP contribution < -0.4 is 10.4 Å². The molecule has 0 aliphatic heterocycles. The topological polar surface area (TPSA) is 59.7 Å². The van der Waals surface area contributed by atoms with Crippen molar-refractivity contribution >= 4 is 11.0 Å². The molecule has 0 saturated carbocycles. The molecule has 1 aromatic carbocycles. The fraction of sp³-hybridized carbons (Fsp3) is 0.381. The van der Waals surface area contributed by atoms with E-state index in [1.54, 1.807) is 13.0 Å². The zero-order valence-corrected chi connectivity index (χ0v) is 16.0. The molecule has 0 radical (unpaired) electrons. The Morgan fingerprint density at radius 1 is 1.21 bits per heavy atom. The number of aliphatic hydroxyl groups is 1. The van der Waals surface area contributed by atoms with E-state index in [2.05, 4.69) is 0 Å². The van der Waals surface area contributed by atoms with Crippen molar-refractivity contribution < 1.29 is 27.4 Å². The molecule has 0 saturated heterocycles. The molecule has 1 heterocycles. The van der Waals surface area contributed by atoms with Gasteiger partial charge in [0.25, 0.3) is 0 Å². The third kappa shape index (κ3) is 5.48. The number of hydrogen-bond donors (Lipinski definition) is 1. The van der Waals surface area contributed by atoms with Gasteiger partial charge in [0, 0.05) is 17.0 Å². The van der Waals surface area contributed by atoms with Crippen LogP contribution in [0.4, 0.5) is 13.2 Å². The number of alkyl halides is 3. The van der Waals surface area contributed by atoms with Crippen LogP contribution >= 0.6 is 0 Å². The zero-order valence-electron chi connectivity index (χ0n) is 16.0. The first-order valence-electron chi connectivity index (χ1n) is 8.83. The van der Waals surface area contributed by atoms with E-state index in [-0.39, 0.29) is 24.2 Å². The molecule has 1 N–H and O–H groups in total. The summed E-state index contributed by atoms with van der Waals surface area (Å²) in [5.41, 5.74) is 0.201. The summed E-state index contributed by atoms with van der Waals surface area (Å²) >= 11 is 0. The van der Waals surface area contributed by atoms with Crippen molar-refractivity contribution in [1.29, 1.82) is 0 Å². The van der Waals surface area contributed by atoms with Crippen LogP contribution in [0, 0.1) is 6.92 Å². The van der Waals surface area contributed by atoms with Crippen LogP contribution in [0.25, 0.3) is 11.0 Å². The molecule has 152 valence electrons. The lowest BCUT2D eigenvalue weighted by molar-refractivity contribution is -0.136. The smallest absolute Gasteiger partial charge is 0.417 e. The highest BCUT2D eigenvalue weighted by molar-refractivity contribution is 5.85. The van der Waals surface area contributed by atoms with E-state index >= 15 is 0 Å². The number of halogens is 3. The molecule has 28 heavy (non-hydrogen) atoms. The Morgan fingerprint density at radius 2 is 1.93 bits per heavy atom. The lowest BCUT2D eigenvalue weighted by Gasteiger charge is -2.14. The zero-order chi connectivity index (χ0) is 20.9. The summed E-state index contributed by atoms with van der Waals surface area (Å²) in [5, 5.41) is 8.66. The van der Waals surface area contributed by atoms with Gasteiger partial charge in [-0.3, -0.25) is 0 Å². The second-order valence-corrected chi connectivity index (χ2v) is 6.65. The van der Waals surface area contributed by atoms with Crippen molar-refractivity contribution in [2.75, 3.05) is 13.2 Å². The summed E-state index contributed by atoms with van der Waals surface area (Å²) in [6, 6.07) is 3.17. The third-order valence-corrected chi connectivity index (χ3v) is 4.34. The van der Waals surface area contributed by atoms with Crippen molar-refractivity contribution in [1.82, 2.24) is 0 Å². The molecule has 0 bridgehead atoms. The van der Waals surface area contributed by atoms with Crippen molar-refractivity contribution in [2.45, 2.75) is 39.8 Å². The molecule has 1 aromatic heterocycles. The monoisotopic (exact) mass is 396 g/mol. The Bertz CT molecular complexity index is 953. The van der Waals surface area contributed by atoms with Gasteiger partial charge in [0.1, 0.15) is 17.9 Å². The summed E-state index contributed by atoms with van der Waals surface area (Å²) in [5.74, 6) is 0.360.